The van der Waals surface area contributed by atoms with Crippen LogP contribution in [-0.2, 0) is 14.4 Å². The number of benzene rings is 3. The molecule has 13 heteroatoms. The zero-order valence-electron chi connectivity index (χ0n) is 24.3. The number of anilines is 2. The molecule has 0 aliphatic heterocycles. The largest absolute Gasteiger partial charge is 2.00 e. The summed E-state index contributed by atoms with van der Waals surface area (Å²) >= 11 is 0. The molecule has 0 radical (unpaired) electrons. The number of ether oxygens (including phenoxy) is 3. The third-order valence-corrected chi connectivity index (χ3v) is 6.47. The van der Waals surface area contributed by atoms with Crippen LogP contribution >= 0.6 is 0 Å². The van der Waals surface area contributed by atoms with Crippen LogP contribution in [0.2, 0.25) is 0 Å². The number of methoxy groups -OCH3 is 1. The number of aliphatic carboxylic acids is 1. The summed E-state index contributed by atoms with van der Waals surface area (Å²) in [6, 6.07) is 13.6. The van der Waals surface area contributed by atoms with Gasteiger partial charge < -0.3 is 32.8 Å². The van der Waals surface area contributed by atoms with Gasteiger partial charge in [0.1, 0.15) is 17.0 Å². The monoisotopic (exact) mass is 589 g/mol. The second kappa shape index (κ2) is 12.6. The van der Waals surface area contributed by atoms with E-state index in [4.69, 9.17) is 19.3 Å². The van der Waals surface area contributed by atoms with Crippen molar-refractivity contribution in [2.75, 3.05) is 24.4 Å². The summed E-state index contributed by atoms with van der Waals surface area (Å²) in [6.07, 6.45) is 2.07. The predicted octanol–water partition coefficient (Wildman–Crippen LogP) is 4.98. The van der Waals surface area contributed by atoms with Gasteiger partial charge in [-0.25, -0.2) is 13.6 Å². The molecule has 1 aromatic heterocycles. The van der Waals surface area contributed by atoms with Gasteiger partial charge in [0.05, 0.1) is 12.6 Å². The Kier molecular flexibility index (Phi) is 9.12. The van der Waals surface area contributed by atoms with Crippen LogP contribution in [0.3, 0.4) is 0 Å². The molecule has 42 heavy (non-hydrogen) atoms. The second-order valence-electron chi connectivity index (χ2n) is 9.26. The van der Waals surface area contributed by atoms with Crippen molar-refractivity contribution in [1.29, 1.82) is 0 Å². The Morgan fingerprint density at radius 1 is 0.905 bits per heavy atom. The van der Waals surface area contributed by atoms with Crippen molar-refractivity contribution in [2.24, 2.45) is 5.41 Å². The quantitative estimate of drug-likeness (QED) is 0.174. The molecule has 10 nitrogen and oxygen atoms in total. The summed E-state index contributed by atoms with van der Waals surface area (Å²) in [5, 5.41) is 14.5. The number of carbonyl (C=O) groups excluding carboxylic acids is 2. The van der Waals surface area contributed by atoms with Crippen LogP contribution in [-0.4, -0.2) is 64.6 Å². The number of pyridine rings is 1. The zero-order valence-corrected chi connectivity index (χ0v) is 23.7. The van der Waals surface area contributed by atoms with E-state index in [9.17, 15) is 18.8 Å². The standard InChI is InChI=1S/C29H23F2N3O7.Mg.2H/c1-39-24-13-19-21(14-25(24)40-15-26(35)36)32-11-8-22(19)41-23-7-6-18(12-20(23)31)34-28(38)29(9-10-29)27(37)33-17-4-2-16(30)3-5-17;;;/h2-8,11-14H,9-10,15H2,1H3,(H,33,37)(H,34,38)(H,35,36);;;/q;+2;2*-1. The molecular weight excluding hydrogens is 565 g/mol. The van der Waals surface area contributed by atoms with E-state index in [1.807, 2.05) is 0 Å². The van der Waals surface area contributed by atoms with Gasteiger partial charge in [-0.2, -0.15) is 0 Å². The molecule has 1 fully saturated rings. The molecule has 214 valence electrons. The minimum Gasteiger partial charge on any atom is -1.00 e. The van der Waals surface area contributed by atoms with E-state index < -0.39 is 41.4 Å². The minimum atomic E-state index is -1.30. The number of carbonyl (C=O) groups is 3. The SMILES string of the molecule is COc1cc2c(Oc3ccc(NC(=O)C4(C(=O)Nc5ccc(F)cc5)CC4)cc3F)ccnc2cc1OCC(=O)O.[H-].[H-].[Mg+2]. The summed E-state index contributed by atoms with van der Waals surface area (Å²) in [6.45, 7) is -0.577. The number of halogens is 2. The maximum atomic E-state index is 15.1. The van der Waals surface area contributed by atoms with Crippen LogP contribution in [0.25, 0.3) is 10.9 Å². The fraction of sp³-hybridized carbons (Fsp3) is 0.172. The molecule has 0 unspecified atom stereocenters. The summed E-state index contributed by atoms with van der Waals surface area (Å²) in [7, 11) is 1.39. The topological polar surface area (TPSA) is 136 Å². The van der Waals surface area contributed by atoms with Crippen LogP contribution in [0, 0.1) is 17.0 Å². The number of carboxylic acid groups (broad SMARTS) is 1. The molecule has 0 bridgehead atoms. The van der Waals surface area contributed by atoms with E-state index in [1.54, 1.807) is 0 Å². The number of nitrogens with zero attached hydrogens (tertiary/aromatic N) is 1. The summed E-state index contributed by atoms with van der Waals surface area (Å²) in [5.41, 5.74) is -0.431. The Morgan fingerprint density at radius 2 is 1.57 bits per heavy atom. The Hall–Kier alpha value is -4.49. The van der Waals surface area contributed by atoms with Gasteiger partial charge >= 0.3 is 29.0 Å². The number of carboxylic acids is 1. The maximum Gasteiger partial charge on any atom is 2.00 e. The van der Waals surface area contributed by atoms with Crippen LogP contribution in [0.4, 0.5) is 20.2 Å². The van der Waals surface area contributed by atoms with E-state index in [2.05, 4.69) is 15.6 Å². The van der Waals surface area contributed by atoms with Crippen molar-refractivity contribution in [2.45, 2.75) is 12.8 Å². The predicted molar refractivity (Wildman–Crippen MR) is 151 cm³/mol. The minimum absolute atomic E-state index is 0. The first-order chi connectivity index (χ1) is 19.7. The molecule has 1 saturated carbocycles. The van der Waals surface area contributed by atoms with Gasteiger partial charge in [0.15, 0.2) is 29.7 Å². The van der Waals surface area contributed by atoms with E-state index >= 15 is 4.39 Å². The number of rotatable bonds is 10. The van der Waals surface area contributed by atoms with Crippen LogP contribution in [0.5, 0.6) is 23.0 Å². The van der Waals surface area contributed by atoms with Crippen molar-refractivity contribution in [3.63, 3.8) is 0 Å². The number of fused-ring (bicyclic) bond motifs is 1. The number of amides is 2. The van der Waals surface area contributed by atoms with Gasteiger partial charge in [-0.1, -0.05) is 0 Å². The Bertz CT molecular complexity index is 1680. The Morgan fingerprint density at radius 3 is 2.19 bits per heavy atom. The molecule has 2 amide bonds. The first kappa shape index (κ1) is 30.5. The molecule has 1 aliphatic carbocycles. The molecule has 1 aliphatic rings. The van der Waals surface area contributed by atoms with E-state index in [0.717, 1.165) is 6.07 Å². The van der Waals surface area contributed by atoms with Crippen LogP contribution in [0.1, 0.15) is 15.7 Å². The van der Waals surface area contributed by atoms with Crippen molar-refractivity contribution >= 4 is 63.1 Å². The van der Waals surface area contributed by atoms with Gasteiger partial charge in [-0.15, -0.1) is 0 Å². The summed E-state index contributed by atoms with van der Waals surface area (Å²) < 4.78 is 44.6. The van der Waals surface area contributed by atoms with Gasteiger partial charge in [-0.3, -0.25) is 14.6 Å². The number of hydrogen-bond donors (Lipinski definition) is 3. The normalized spacial score (nSPS) is 12.9. The number of hydrogen-bond acceptors (Lipinski definition) is 7. The smallest absolute Gasteiger partial charge is 1.00 e. The van der Waals surface area contributed by atoms with Gasteiger partial charge in [0.25, 0.3) is 0 Å². The first-order valence-corrected chi connectivity index (χ1v) is 12.4. The van der Waals surface area contributed by atoms with E-state index in [-0.39, 0.29) is 54.6 Å². The van der Waals surface area contributed by atoms with Gasteiger partial charge in [0, 0.05) is 35.1 Å². The third kappa shape index (κ3) is 6.52. The van der Waals surface area contributed by atoms with Gasteiger partial charge in [0.2, 0.25) is 11.8 Å². The van der Waals surface area contributed by atoms with E-state index in [1.165, 1.54) is 67.9 Å². The first-order valence-electron chi connectivity index (χ1n) is 12.4. The third-order valence-electron chi connectivity index (χ3n) is 6.47. The zero-order chi connectivity index (χ0) is 29.1. The average molecular weight is 590 g/mol. The van der Waals surface area contributed by atoms with Gasteiger partial charge in [-0.05, 0) is 61.4 Å². The molecule has 0 atom stereocenters. The maximum absolute atomic E-state index is 15.1. The molecular formula is C29H25F2MgN3O7. The molecule has 0 saturated heterocycles. The van der Waals surface area contributed by atoms with Crippen LogP contribution < -0.4 is 24.8 Å². The molecule has 1 heterocycles. The molecule has 3 aromatic carbocycles. The molecule has 0 spiro atoms. The summed E-state index contributed by atoms with van der Waals surface area (Å²) in [4.78, 5) is 40.8. The van der Waals surface area contributed by atoms with Crippen molar-refractivity contribution < 1.29 is 45.3 Å². The van der Waals surface area contributed by atoms with Crippen LogP contribution in [0.15, 0.2) is 66.9 Å². The van der Waals surface area contributed by atoms with Crippen molar-refractivity contribution in [1.82, 2.24) is 4.98 Å². The van der Waals surface area contributed by atoms with E-state index in [0.29, 0.717) is 29.4 Å². The number of aromatic nitrogens is 1. The molecule has 5 rings (SSSR count). The van der Waals surface area contributed by atoms with Crippen molar-refractivity contribution in [3.05, 3.63) is 78.5 Å². The molecule has 4 aromatic rings. The molecule has 3 N–H and O–H groups in total. The fourth-order valence-corrected chi connectivity index (χ4v) is 4.13. The Balaban J connectivity index is 0.00000225. The fourth-order valence-electron chi connectivity index (χ4n) is 4.13. The Labute approximate surface area is 257 Å². The average Bonchev–Trinajstić information content (AvgIpc) is 3.77. The van der Waals surface area contributed by atoms with Crippen molar-refractivity contribution in [3.8, 4) is 23.0 Å². The second-order valence-corrected chi connectivity index (χ2v) is 9.26. The number of nitrogens with one attached hydrogen (secondary N) is 2. The summed E-state index contributed by atoms with van der Waals surface area (Å²) in [5.74, 6) is -3.01.